The molecular weight excluding hydrogens is 524 g/mol. The van der Waals surface area contributed by atoms with Crippen LogP contribution in [0.4, 0.5) is 17.6 Å². The van der Waals surface area contributed by atoms with Crippen molar-refractivity contribution in [3.63, 3.8) is 0 Å². The number of aryl methyl sites for hydroxylation is 2. The molecule has 0 spiro atoms. The van der Waals surface area contributed by atoms with Gasteiger partial charge in [-0.05, 0) is 110 Å². The molecule has 0 aromatic heterocycles. The summed E-state index contributed by atoms with van der Waals surface area (Å²) in [6.07, 6.45) is 11.5. The summed E-state index contributed by atoms with van der Waals surface area (Å²) in [7, 11) is 0. The highest BCUT2D eigenvalue weighted by Crippen LogP contribution is 2.47. The second-order valence-electron chi connectivity index (χ2n) is 12.0. The molecule has 2 aliphatic rings. The molecule has 2 fully saturated rings. The van der Waals surface area contributed by atoms with Gasteiger partial charge in [-0.2, -0.15) is 4.39 Å². The van der Waals surface area contributed by atoms with Crippen molar-refractivity contribution in [3.05, 3.63) is 101 Å². The normalized spacial score (nSPS) is 22.3. The van der Waals surface area contributed by atoms with Gasteiger partial charge in [-0.1, -0.05) is 55.8 Å². The summed E-state index contributed by atoms with van der Waals surface area (Å²) < 4.78 is 65.1. The van der Waals surface area contributed by atoms with Crippen LogP contribution in [0.25, 0.3) is 11.1 Å². The highest BCUT2D eigenvalue weighted by molar-refractivity contribution is 5.66. The Morgan fingerprint density at radius 1 is 0.756 bits per heavy atom. The van der Waals surface area contributed by atoms with Gasteiger partial charge < -0.3 is 4.74 Å². The second kappa shape index (κ2) is 13.3. The lowest BCUT2D eigenvalue weighted by molar-refractivity contribution is 0.0902. The summed E-state index contributed by atoms with van der Waals surface area (Å²) in [6, 6.07) is 14.5. The third-order valence-corrected chi connectivity index (χ3v) is 9.30. The van der Waals surface area contributed by atoms with Crippen molar-refractivity contribution in [3.8, 4) is 16.9 Å². The molecule has 0 heterocycles. The summed E-state index contributed by atoms with van der Waals surface area (Å²) in [6.45, 7) is 6.11. The van der Waals surface area contributed by atoms with Gasteiger partial charge >= 0.3 is 0 Å². The Hall–Kier alpha value is -3.08. The van der Waals surface area contributed by atoms with Crippen molar-refractivity contribution >= 4 is 0 Å². The first-order chi connectivity index (χ1) is 19.9. The Morgan fingerprint density at radius 3 is 2.17 bits per heavy atom. The lowest BCUT2D eigenvalue weighted by Gasteiger charge is -2.42. The van der Waals surface area contributed by atoms with Gasteiger partial charge in [-0.25, -0.2) is 13.2 Å². The van der Waals surface area contributed by atoms with Gasteiger partial charge in [0.25, 0.3) is 0 Å². The van der Waals surface area contributed by atoms with Crippen LogP contribution >= 0.6 is 0 Å². The quantitative estimate of drug-likeness (QED) is 0.176. The summed E-state index contributed by atoms with van der Waals surface area (Å²) in [5.74, 6) is -2.56. The lowest BCUT2D eigenvalue weighted by atomic mass is 9.64. The van der Waals surface area contributed by atoms with Gasteiger partial charge in [0.2, 0.25) is 5.82 Å². The van der Waals surface area contributed by atoms with E-state index in [0.29, 0.717) is 30.8 Å². The number of hydrogen-bond acceptors (Lipinski definition) is 1. The SMILES string of the molecule is C=CCCc1ccc(-c2ccc(OCC3CCC4CC(c5ccc(CCC)cc5)CCC4C3)c(F)c2F)c(F)c1F. The number of ether oxygens (including phenoxy) is 1. The van der Waals surface area contributed by atoms with Gasteiger partial charge in [0.1, 0.15) is 0 Å². The fourth-order valence-corrected chi connectivity index (χ4v) is 6.99. The first kappa shape index (κ1) is 29.4. The molecule has 0 aliphatic heterocycles. The summed E-state index contributed by atoms with van der Waals surface area (Å²) >= 11 is 0. The first-order valence-electron chi connectivity index (χ1n) is 15.2. The zero-order valence-corrected chi connectivity index (χ0v) is 23.9. The predicted molar refractivity (Wildman–Crippen MR) is 157 cm³/mol. The van der Waals surface area contributed by atoms with Crippen LogP contribution in [0.3, 0.4) is 0 Å². The van der Waals surface area contributed by atoms with Gasteiger partial charge in [0.05, 0.1) is 6.61 Å². The molecule has 4 unspecified atom stereocenters. The fourth-order valence-electron chi connectivity index (χ4n) is 6.99. The molecule has 1 nitrogen and oxygen atoms in total. The van der Waals surface area contributed by atoms with Crippen LogP contribution in [-0.4, -0.2) is 6.61 Å². The van der Waals surface area contributed by atoms with Crippen molar-refractivity contribution in [2.24, 2.45) is 17.8 Å². The number of fused-ring (bicyclic) bond motifs is 1. The highest BCUT2D eigenvalue weighted by atomic mass is 19.2. The van der Waals surface area contributed by atoms with E-state index in [1.54, 1.807) is 6.08 Å². The van der Waals surface area contributed by atoms with E-state index in [0.717, 1.165) is 32.1 Å². The smallest absolute Gasteiger partial charge is 0.201 e. The molecule has 41 heavy (non-hydrogen) atoms. The molecule has 0 N–H and O–H groups in total. The Morgan fingerprint density at radius 2 is 1.44 bits per heavy atom. The molecule has 3 aromatic rings. The maximum absolute atomic E-state index is 15.0. The van der Waals surface area contributed by atoms with Gasteiger partial charge in [0, 0.05) is 11.1 Å². The van der Waals surface area contributed by atoms with E-state index in [4.69, 9.17) is 4.74 Å². The number of rotatable bonds is 10. The second-order valence-corrected chi connectivity index (χ2v) is 12.0. The summed E-state index contributed by atoms with van der Waals surface area (Å²) in [5, 5.41) is 0. The molecule has 0 radical (unpaired) electrons. The van der Waals surface area contributed by atoms with E-state index in [9.17, 15) is 13.2 Å². The minimum atomic E-state index is -1.23. The van der Waals surface area contributed by atoms with E-state index in [1.165, 1.54) is 54.7 Å². The average Bonchev–Trinajstić information content (AvgIpc) is 2.99. The molecule has 0 amide bonds. The molecule has 2 saturated carbocycles. The first-order valence-corrected chi connectivity index (χ1v) is 15.2. The van der Waals surface area contributed by atoms with Gasteiger partial charge in [0.15, 0.2) is 23.2 Å². The molecule has 4 atom stereocenters. The van der Waals surface area contributed by atoms with E-state index >= 15 is 4.39 Å². The van der Waals surface area contributed by atoms with E-state index in [2.05, 4.69) is 37.8 Å². The Labute approximate surface area is 241 Å². The minimum absolute atomic E-state index is 0.177. The largest absolute Gasteiger partial charge is 0.490 e. The van der Waals surface area contributed by atoms with Crippen molar-refractivity contribution in [1.29, 1.82) is 0 Å². The van der Waals surface area contributed by atoms with Crippen LogP contribution in [0.1, 0.15) is 80.9 Å². The van der Waals surface area contributed by atoms with Gasteiger partial charge in [-0.3, -0.25) is 0 Å². The number of benzene rings is 3. The molecule has 2 aliphatic carbocycles. The molecular formula is C36H40F4O. The van der Waals surface area contributed by atoms with E-state index in [-0.39, 0.29) is 34.8 Å². The average molecular weight is 565 g/mol. The topological polar surface area (TPSA) is 9.23 Å². The standard InChI is InChI=1S/C36H40F4O/c1-3-5-7-26-16-17-30(34(38)33(26)37)31-18-19-32(36(40)35(31)39)41-22-24-10-13-29-21-28(15-14-27(29)20-24)25-11-8-23(6-4-2)9-12-25/h3,8-9,11-12,16-19,24,27-29H,1,4-7,10,13-15,20-22H2,2H3. The number of hydrogen-bond donors (Lipinski definition) is 0. The number of halogens is 4. The third kappa shape index (κ3) is 6.55. The number of allylic oxidation sites excluding steroid dienone is 1. The van der Waals surface area contributed by atoms with E-state index in [1.807, 2.05) is 0 Å². The Balaban J connectivity index is 1.18. The maximum Gasteiger partial charge on any atom is 0.201 e. The highest BCUT2D eigenvalue weighted by Gasteiger charge is 2.36. The molecule has 5 rings (SSSR count). The van der Waals surface area contributed by atoms with Crippen LogP contribution in [0.15, 0.2) is 61.2 Å². The molecule has 218 valence electrons. The summed E-state index contributed by atoms with van der Waals surface area (Å²) in [4.78, 5) is 0. The molecule has 3 aromatic carbocycles. The predicted octanol–water partition coefficient (Wildman–Crippen LogP) is 10.4. The Bertz CT molecular complexity index is 1350. The zero-order chi connectivity index (χ0) is 28.9. The van der Waals surface area contributed by atoms with E-state index < -0.39 is 23.3 Å². The maximum atomic E-state index is 15.0. The van der Waals surface area contributed by atoms with Crippen LogP contribution in [0.2, 0.25) is 0 Å². The van der Waals surface area contributed by atoms with Crippen molar-refractivity contribution in [2.75, 3.05) is 6.61 Å². The molecule has 0 bridgehead atoms. The summed E-state index contributed by atoms with van der Waals surface area (Å²) in [5.41, 5.74) is 2.42. The Kier molecular flexibility index (Phi) is 9.52. The monoisotopic (exact) mass is 564 g/mol. The molecule has 0 saturated heterocycles. The van der Waals surface area contributed by atoms with Crippen LogP contribution < -0.4 is 4.74 Å². The van der Waals surface area contributed by atoms with Crippen LogP contribution in [0, 0.1) is 41.0 Å². The van der Waals surface area contributed by atoms with Crippen LogP contribution in [0.5, 0.6) is 5.75 Å². The minimum Gasteiger partial charge on any atom is -0.490 e. The van der Waals surface area contributed by atoms with Gasteiger partial charge in [-0.15, -0.1) is 6.58 Å². The van der Waals surface area contributed by atoms with Crippen molar-refractivity contribution in [1.82, 2.24) is 0 Å². The molecule has 5 heteroatoms. The van der Waals surface area contributed by atoms with Crippen molar-refractivity contribution in [2.45, 2.75) is 77.0 Å². The zero-order valence-electron chi connectivity index (χ0n) is 23.9. The fraction of sp³-hybridized carbons (Fsp3) is 0.444. The third-order valence-electron chi connectivity index (χ3n) is 9.30. The van der Waals surface area contributed by atoms with Crippen molar-refractivity contribution < 1.29 is 22.3 Å². The van der Waals surface area contributed by atoms with Crippen LogP contribution in [-0.2, 0) is 12.8 Å². The lowest BCUT2D eigenvalue weighted by Crippen LogP contribution is -2.32.